The van der Waals surface area contributed by atoms with E-state index in [9.17, 15) is 4.79 Å². The van der Waals surface area contributed by atoms with Crippen LogP contribution in [0.3, 0.4) is 0 Å². The van der Waals surface area contributed by atoms with Gasteiger partial charge in [-0.3, -0.25) is 5.32 Å². The van der Waals surface area contributed by atoms with Gasteiger partial charge < -0.3 is 9.84 Å². The quantitative estimate of drug-likeness (QED) is 0.410. The molecule has 1 aliphatic heterocycles. The highest BCUT2D eigenvalue weighted by Crippen LogP contribution is 2.06. The fourth-order valence-corrected chi connectivity index (χ4v) is 1.19. The number of hydrogen-bond acceptors (Lipinski definition) is 3. The Morgan fingerprint density at radius 2 is 2.56 bits per heavy atom. The lowest BCUT2D eigenvalue weighted by atomic mass is 10.6. The van der Waals surface area contributed by atoms with Crippen molar-refractivity contribution in [3.63, 3.8) is 0 Å². The summed E-state index contributed by atoms with van der Waals surface area (Å²) in [6.45, 7) is 1.16. The molecule has 0 amide bonds. The van der Waals surface area contributed by atoms with E-state index in [0.29, 0.717) is 23.4 Å². The van der Waals surface area contributed by atoms with Gasteiger partial charge in [0, 0.05) is 6.54 Å². The predicted octanol–water partition coefficient (Wildman–Crippen LogP) is -2.29. The Morgan fingerprint density at radius 3 is 2.78 bits per heavy atom. The molecule has 1 fully saturated rings. The van der Waals surface area contributed by atoms with Crippen LogP contribution in [0.1, 0.15) is 0 Å². The van der Waals surface area contributed by atoms with E-state index in [-0.39, 0.29) is 0 Å². The van der Waals surface area contributed by atoms with Crippen LogP contribution < -0.4 is 5.32 Å². The first-order valence-electron chi connectivity index (χ1n) is 2.77. The average molecular weight is 147 g/mol. The first-order valence-corrected chi connectivity index (χ1v) is 3.77. The van der Waals surface area contributed by atoms with E-state index in [1.165, 1.54) is 0 Å². The molecule has 9 heavy (non-hydrogen) atoms. The molecule has 0 aromatic rings. The molecule has 0 saturated carbocycles. The van der Waals surface area contributed by atoms with Crippen LogP contribution in [0.15, 0.2) is 0 Å². The first-order chi connectivity index (χ1) is 4.15. The van der Waals surface area contributed by atoms with E-state index in [1.807, 2.05) is 0 Å². The van der Waals surface area contributed by atoms with Gasteiger partial charge in [-0.05, 0) is 0 Å². The van der Waals surface area contributed by atoms with Crippen molar-refractivity contribution in [2.24, 2.45) is 0 Å². The van der Waals surface area contributed by atoms with Crippen LogP contribution in [0, 0.1) is 0 Å². The molecule has 0 radical (unpaired) electrons. The molecule has 0 spiro atoms. The Balaban J connectivity index is 2.61. The highest BCUT2D eigenvalue weighted by molar-refractivity contribution is 6.25. The second-order valence-corrected chi connectivity index (χ2v) is 3.52. The molecule has 1 rings (SSSR count). The van der Waals surface area contributed by atoms with Crippen molar-refractivity contribution < 1.29 is 14.6 Å². The van der Waals surface area contributed by atoms with Crippen LogP contribution in [0.25, 0.3) is 0 Å². The van der Waals surface area contributed by atoms with Gasteiger partial charge in [0.2, 0.25) is 0 Å². The molecule has 0 aromatic carbocycles. The summed E-state index contributed by atoms with van der Waals surface area (Å²) in [6.07, 6.45) is 0. The number of carbonyl (C=O) groups is 1. The molecule has 5 heteroatoms. The van der Waals surface area contributed by atoms with Gasteiger partial charge in [0.1, 0.15) is 0 Å². The van der Waals surface area contributed by atoms with Gasteiger partial charge in [-0.1, -0.05) is 0 Å². The van der Waals surface area contributed by atoms with Crippen molar-refractivity contribution in [3.05, 3.63) is 0 Å². The summed E-state index contributed by atoms with van der Waals surface area (Å²) in [5.41, 5.74) is 0. The summed E-state index contributed by atoms with van der Waals surface area (Å²) in [6, 6.07) is 0. The lowest BCUT2D eigenvalue weighted by Gasteiger charge is -2.16. The molecule has 1 aliphatic rings. The van der Waals surface area contributed by atoms with Crippen molar-refractivity contribution in [1.82, 2.24) is 5.32 Å². The maximum absolute atomic E-state index is 10.4. The van der Waals surface area contributed by atoms with E-state index in [0.717, 1.165) is 0 Å². The van der Waals surface area contributed by atoms with Crippen LogP contribution >= 0.6 is 0 Å². The molecule has 52 valence electrons. The summed E-state index contributed by atoms with van der Waals surface area (Å²) < 4.78 is 4.95. The average Bonchev–Trinajstić information content (AvgIpc) is 2.16. The Labute approximate surface area is 55.6 Å². The van der Waals surface area contributed by atoms with E-state index < -0.39 is 11.3 Å². The van der Waals surface area contributed by atoms with Gasteiger partial charge in [-0.25, -0.2) is 4.79 Å². The van der Waals surface area contributed by atoms with Gasteiger partial charge in [0.05, 0.1) is 16.8 Å². The van der Waals surface area contributed by atoms with Crippen molar-refractivity contribution in [1.29, 1.82) is 0 Å². The maximum Gasteiger partial charge on any atom is 0.345 e. The molecule has 1 unspecified atom stereocenters. The molecule has 0 bridgehead atoms. The fraction of sp³-hybridized carbons (Fsp3) is 0.750. The third kappa shape index (κ3) is 1.12. The second kappa shape index (κ2) is 2.09. The van der Waals surface area contributed by atoms with Crippen LogP contribution in [0.2, 0.25) is 0 Å². The zero-order chi connectivity index (χ0) is 6.91. The monoisotopic (exact) mass is 147 g/mol. The highest BCUT2D eigenvalue weighted by Gasteiger charge is 2.36. The third-order valence-electron chi connectivity index (χ3n) is 1.36. The van der Waals surface area contributed by atoms with Gasteiger partial charge >= 0.3 is 5.97 Å². The minimum atomic E-state index is -1.00. The number of carboxylic acids is 1. The smallest absolute Gasteiger partial charge is 0.345 e. The van der Waals surface area contributed by atoms with Crippen LogP contribution in [0.4, 0.5) is 0 Å². The van der Waals surface area contributed by atoms with Crippen LogP contribution in [-0.2, 0) is 9.53 Å². The molecule has 1 heterocycles. The normalized spacial score (nSPS) is 35.1. The summed E-state index contributed by atoms with van der Waals surface area (Å²) >= 11 is 0. The first kappa shape index (κ1) is 6.72. The second-order valence-electron chi connectivity index (χ2n) is 2.11. The Kier molecular flexibility index (Phi) is 1.56. The van der Waals surface area contributed by atoms with Gasteiger partial charge in [0.25, 0.3) is 0 Å². The zero-order valence-corrected chi connectivity index (χ0v) is 7.18. The molecular weight excluding hydrogens is 138 g/mol. The lowest BCUT2D eigenvalue weighted by Crippen LogP contribution is -2.49. The van der Waals surface area contributed by atoms with E-state index in [4.69, 9.17) is 9.84 Å². The number of aliphatic carboxylic acids is 1. The molecule has 1 atom stereocenters. The highest BCUT2D eigenvalue weighted by atomic mass is 28.1. The minimum absolute atomic E-state index is 0.484. The maximum atomic E-state index is 10.4. The molecule has 4 nitrogen and oxygen atoms in total. The summed E-state index contributed by atoms with van der Waals surface area (Å²) in [4.78, 5) is 10.4. The molecule has 0 aromatic heterocycles. The topological polar surface area (TPSA) is 58.6 Å². The molecular formula is C4H9NO3Si. The van der Waals surface area contributed by atoms with Crippen LogP contribution in [-0.4, -0.2) is 39.8 Å². The molecule has 2 N–H and O–H groups in total. The lowest BCUT2D eigenvalue weighted by molar-refractivity contribution is -0.152. The number of hydrogen-bond donors (Lipinski definition) is 2. The Bertz CT molecular complexity index is 132. The minimum Gasteiger partial charge on any atom is -0.478 e. The number of ether oxygens (including phenoxy) is 1. The van der Waals surface area contributed by atoms with E-state index >= 15 is 0 Å². The van der Waals surface area contributed by atoms with Gasteiger partial charge in [-0.2, -0.15) is 0 Å². The van der Waals surface area contributed by atoms with Gasteiger partial charge in [-0.15, -0.1) is 0 Å². The Morgan fingerprint density at radius 1 is 1.89 bits per heavy atom. The standard InChI is InChI=1S/C4H9NO3Si/c6-3(7)4(9)5-1-2-8-4/h5H,1-2H2,9H3,(H,6,7). The third-order valence-corrected chi connectivity index (χ3v) is 2.43. The molecule has 0 aliphatic carbocycles. The van der Waals surface area contributed by atoms with Crippen molar-refractivity contribution in [3.8, 4) is 0 Å². The summed E-state index contributed by atoms with van der Waals surface area (Å²) in [5.74, 6) is -0.897. The summed E-state index contributed by atoms with van der Waals surface area (Å²) in [5, 5.41) is 10.3. The van der Waals surface area contributed by atoms with Crippen molar-refractivity contribution in [2.75, 3.05) is 13.2 Å². The van der Waals surface area contributed by atoms with Crippen LogP contribution in [0.5, 0.6) is 0 Å². The largest absolute Gasteiger partial charge is 0.478 e. The molecule has 1 saturated heterocycles. The zero-order valence-electron chi connectivity index (χ0n) is 5.18. The van der Waals surface area contributed by atoms with Crippen molar-refractivity contribution >= 4 is 16.2 Å². The SMILES string of the molecule is O=C(O)C1([SiH3])NCCO1. The summed E-state index contributed by atoms with van der Waals surface area (Å²) in [7, 11) is 0.484. The fourth-order valence-electron chi connectivity index (χ4n) is 0.733. The van der Waals surface area contributed by atoms with E-state index in [1.54, 1.807) is 0 Å². The Hall–Kier alpha value is -0.393. The van der Waals surface area contributed by atoms with Crippen molar-refractivity contribution in [2.45, 2.75) is 5.35 Å². The van der Waals surface area contributed by atoms with Gasteiger partial charge in [0.15, 0.2) is 5.35 Å². The number of nitrogens with one attached hydrogen (secondary N) is 1. The number of carboxylic acid groups (broad SMARTS) is 1. The van der Waals surface area contributed by atoms with E-state index in [2.05, 4.69) is 5.32 Å². The predicted molar refractivity (Wildman–Crippen MR) is 34.3 cm³/mol. The number of rotatable bonds is 1.